The van der Waals surface area contributed by atoms with Crippen LogP contribution in [0.25, 0.3) is 21.9 Å². The lowest BCUT2D eigenvalue weighted by Gasteiger charge is -2.41. The average molecular weight is 415 g/mol. The fourth-order valence-corrected chi connectivity index (χ4v) is 5.23. The van der Waals surface area contributed by atoms with Crippen LogP contribution in [-0.2, 0) is 5.54 Å². The Labute approximate surface area is 186 Å². The van der Waals surface area contributed by atoms with E-state index < -0.39 is 0 Å². The standard InChI is InChI=1S/C28H21N3O/c1-28(2)21-10-4-5-11-22(21)29-27-30(23-12-6-7-13-24(23)31(27)28)18-15-16-20-19-9-3-8-14-25(19)32-26(20)17-18/h3-17H,1-2H3. The number of benzene rings is 4. The van der Waals surface area contributed by atoms with E-state index in [9.17, 15) is 0 Å². The second-order valence-corrected chi connectivity index (χ2v) is 8.93. The third-order valence-electron chi connectivity index (χ3n) is 6.73. The molecule has 0 amide bonds. The van der Waals surface area contributed by atoms with Crippen LogP contribution >= 0.6 is 0 Å². The molecule has 154 valence electrons. The van der Waals surface area contributed by atoms with Gasteiger partial charge in [-0.1, -0.05) is 48.5 Å². The van der Waals surface area contributed by atoms with Crippen molar-refractivity contribution in [2.24, 2.45) is 4.99 Å². The van der Waals surface area contributed by atoms with Crippen molar-refractivity contribution in [1.29, 1.82) is 0 Å². The van der Waals surface area contributed by atoms with Gasteiger partial charge in [0.1, 0.15) is 11.2 Å². The van der Waals surface area contributed by atoms with E-state index >= 15 is 0 Å². The zero-order valence-electron chi connectivity index (χ0n) is 17.9. The molecule has 4 nitrogen and oxygen atoms in total. The Kier molecular flexibility index (Phi) is 3.31. The summed E-state index contributed by atoms with van der Waals surface area (Å²) in [7, 11) is 0. The molecule has 2 aliphatic heterocycles. The van der Waals surface area contributed by atoms with Gasteiger partial charge in [0, 0.05) is 22.4 Å². The Balaban J connectivity index is 1.49. The predicted octanol–water partition coefficient (Wildman–Crippen LogP) is 7.48. The van der Waals surface area contributed by atoms with Crippen LogP contribution in [0.3, 0.4) is 0 Å². The maximum absolute atomic E-state index is 6.19. The van der Waals surface area contributed by atoms with Gasteiger partial charge < -0.3 is 4.42 Å². The number of nitrogens with zero attached hydrogens (tertiary/aromatic N) is 3. The molecule has 0 fully saturated rings. The molecule has 4 aromatic carbocycles. The topological polar surface area (TPSA) is 32.0 Å². The number of fused-ring (bicyclic) bond motifs is 7. The summed E-state index contributed by atoms with van der Waals surface area (Å²) in [5, 5.41) is 2.27. The number of anilines is 3. The molecule has 2 aliphatic rings. The third-order valence-corrected chi connectivity index (χ3v) is 6.73. The number of guanidine groups is 1. The first-order valence-electron chi connectivity index (χ1n) is 10.9. The molecule has 4 heteroatoms. The molecular weight excluding hydrogens is 394 g/mol. The first kappa shape index (κ1) is 17.6. The molecule has 7 rings (SSSR count). The zero-order chi connectivity index (χ0) is 21.4. The summed E-state index contributed by atoms with van der Waals surface area (Å²) >= 11 is 0. The molecule has 0 N–H and O–H groups in total. The van der Waals surface area contributed by atoms with Crippen molar-refractivity contribution in [2.75, 3.05) is 9.80 Å². The minimum absolute atomic E-state index is 0.234. The molecule has 0 saturated carbocycles. The third kappa shape index (κ3) is 2.19. The number of para-hydroxylation sites is 4. The first-order chi connectivity index (χ1) is 15.6. The maximum Gasteiger partial charge on any atom is 0.216 e. The molecule has 5 aromatic rings. The van der Waals surface area contributed by atoms with Crippen molar-refractivity contribution in [3.63, 3.8) is 0 Å². The molecule has 0 saturated heterocycles. The zero-order valence-corrected chi connectivity index (χ0v) is 17.9. The summed E-state index contributed by atoms with van der Waals surface area (Å²) in [5.74, 6) is 0.922. The van der Waals surface area contributed by atoms with E-state index in [4.69, 9.17) is 9.41 Å². The normalized spacial score (nSPS) is 16.1. The van der Waals surface area contributed by atoms with Gasteiger partial charge in [-0.3, -0.25) is 9.80 Å². The smallest absolute Gasteiger partial charge is 0.216 e. The predicted molar refractivity (Wildman–Crippen MR) is 131 cm³/mol. The lowest BCUT2D eigenvalue weighted by Crippen LogP contribution is -2.49. The van der Waals surface area contributed by atoms with E-state index in [0.29, 0.717) is 0 Å². The molecule has 0 atom stereocenters. The summed E-state index contributed by atoms with van der Waals surface area (Å²) in [6, 6.07) is 31.6. The monoisotopic (exact) mass is 415 g/mol. The Bertz CT molecular complexity index is 1580. The van der Waals surface area contributed by atoms with Crippen LogP contribution in [0.2, 0.25) is 0 Å². The van der Waals surface area contributed by atoms with Crippen LogP contribution in [0, 0.1) is 0 Å². The summed E-state index contributed by atoms with van der Waals surface area (Å²) < 4.78 is 6.19. The van der Waals surface area contributed by atoms with E-state index in [0.717, 1.165) is 50.6 Å². The highest BCUT2D eigenvalue weighted by atomic mass is 16.3. The molecule has 0 spiro atoms. The Morgan fingerprint density at radius 2 is 1.44 bits per heavy atom. The molecule has 3 heterocycles. The first-order valence-corrected chi connectivity index (χ1v) is 10.9. The van der Waals surface area contributed by atoms with E-state index in [1.165, 1.54) is 5.56 Å². The highest BCUT2D eigenvalue weighted by Crippen LogP contribution is 2.51. The van der Waals surface area contributed by atoms with Gasteiger partial charge in [0.25, 0.3) is 0 Å². The number of hydrogen-bond donors (Lipinski definition) is 0. The van der Waals surface area contributed by atoms with Crippen molar-refractivity contribution in [3.05, 3.63) is 96.6 Å². The number of rotatable bonds is 1. The van der Waals surface area contributed by atoms with Gasteiger partial charge in [-0.05, 0) is 50.2 Å². The minimum Gasteiger partial charge on any atom is -0.456 e. The van der Waals surface area contributed by atoms with Crippen LogP contribution in [0.15, 0.2) is 100 Å². The lowest BCUT2D eigenvalue weighted by molar-refractivity contribution is 0.543. The SMILES string of the molecule is CC1(C)c2ccccc2N=C2N(c3ccc4c(c3)oc3ccccc34)c3ccccc3N21. The molecule has 1 aromatic heterocycles. The van der Waals surface area contributed by atoms with Gasteiger partial charge in [0.05, 0.1) is 28.3 Å². The molecule has 0 unspecified atom stereocenters. The van der Waals surface area contributed by atoms with Gasteiger partial charge in [-0.25, -0.2) is 4.99 Å². The second-order valence-electron chi connectivity index (χ2n) is 8.93. The molecule has 32 heavy (non-hydrogen) atoms. The van der Waals surface area contributed by atoms with Crippen molar-refractivity contribution in [3.8, 4) is 0 Å². The largest absolute Gasteiger partial charge is 0.456 e. The van der Waals surface area contributed by atoms with Crippen molar-refractivity contribution in [1.82, 2.24) is 0 Å². The van der Waals surface area contributed by atoms with Crippen LogP contribution in [0.4, 0.5) is 22.7 Å². The second kappa shape index (κ2) is 6.01. The van der Waals surface area contributed by atoms with Crippen molar-refractivity contribution in [2.45, 2.75) is 19.4 Å². The number of hydrogen-bond acceptors (Lipinski definition) is 4. The highest BCUT2D eigenvalue weighted by molar-refractivity contribution is 6.23. The maximum atomic E-state index is 6.19. The summed E-state index contributed by atoms with van der Waals surface area (Å²) in [4.78, 5) is 9.74. The molecule has 0 aliphatic carbocycles. The van der Waals surface area contributed by atoms with Crippen molar-refractivity contribution >= 4 is 50.6 Å². The Hall–Kier alpha value is -4.05. The van der Waals surface area contributed by atoms with Crippen LogP contribution < -0.4 is 9.80 Å². The van der Waals surface area contributed by atoms with Crippen LogP contribution in [-0.4, -0.2) is 5.96 Å². The van der Waals surface area contributed by atoms with E-state index in [2.05, 4.69) is 103 Å². The Morgan fingerprint density at radius 3 is 2.34 bits per heavy atom. The van der Waals surface area contributed by atoms with Crippen LogP contribution in [0.5, 0.6) is 0 Å². The van der Waals surface area contributed by atoms with Gasteiger partial charge >= 0.3 is 0 Å². The number of aliphatic imine (C=N–C) groups is 1. The minimum atomic E-state index is -0.234. The fraction of sp³-hybridized carbons (Fsp3) is 0.107. The van der Waals surface area contributed by atoms with E-state index in [1.54, 1.807) is 0 Å². The van der Waals surface area contributed by atoms with Gasteiger partial charge in [0.15, 0.2) is 0 Å². The fourth-order valence-electron chi connectivity index (χ4n) is 5.23. The average Bonchev–Trinajstić information content (AvgIpc) is 3.34. The van der Waals surface area contributed by atoms with E-state index in [-0.39, 0.29) is 5.54 Å². The lowest BCUT2D eigenvalue weighted by atomic mass is 9.89. The van der Waals surface area contributed by atoms with Gasteiger partial charge in [-0.15, -0.1) is 0 Å². The number of furan rings is 1. The quantitative estimate of drug-likeness (QED) is 0.284. The summed E-state index contributed by atoms with van der Waals surface area (Å²) in [6.07, 6.45) is 0. The van der Waals surface area contributed by atoms with Gasteiger partial charge in [0.2, 0.25) is 5.96 Å². The summed E-state index contributed by atoms with van der Waals surface area (Å²) in [6.45, 7) is 4.53. The highest BCUT2D eigenvalue weighted by Gasteiger charge is 2.46. The van der Waals surface area contributed by atoms with Gasteiger partial charge in [-0.2, -0.15) is 0 Å². The molecular formula is C28H21N3O. The molecule has 0 radical (unpaired) electrons. The molecule has 0 bridgehead atoms. The Morgan fingerprint density at radius 1 is 0.719 bits per heavy atom. The summed E-state index contributed by atoms with van der Waals surface area (Å²) in [5.41, 5.74) is 7.14. The van der Waals surface area contributed by atoms with Crippen molar-refractivity contribution < 1.29 is 4.42 Å². The van der Waals surface area contributed by atoms with Crippen LogP contribution in [0.1, 0.15) is 19.4 Å². The van der Waals surface area contributed by atoms with E-state index in [1.807, 2.05) is 12.1 Å².